The summed E-state index contributed by atoms with van der Waals surface area (Å²) >= 11 is 0. The van der Waals surface area contributed by atoms with Crippen molar-refractivity contribution in [1.29, 1.82) is 0 Å². The molecule has 0 unspecified atom stereocenters. The Morgan fingerprint density at radius 2 is 1.50 bits per heavy atom. The van der Waals surface area contributed by atoms with Crippen LogP contribution >= 0.6 is 0 Å². The van der Waals surface area contributed by atoms with Crippen LogP contribution in [0.1, 0.15) is 57.8 Å². The molecule has 1 aliphatic heterocycles. The summed E-state index contributed by atoms with van der Waals surface area (Å²) in [7, 11) is 2.26. The molecule has 3 aliphatic rings. The number of nitrogens with two attached hydrogens (primary N) is 1. The lowest BCUT2D eigenvalue weighted by Crippen LogP contribution is -2.57. The van der Waals surface area contributed by atoms with Gasteiger partial charge >= 0.3 is 0 Å². The first-order valence-electron chi connectivity index (χ1n) is 8.82. The van der Waals surface area contributed by atoms with Crippen LogP contribution < -0.4 is 5.73 Å². The molecule has 3 heteroatoms. The summed E-state index contributed by atoms with van der Waals surface area (Å²) in [6.07, 6.45) is 12.8. The predicted molar refractivity (Wildman–Crippen MR) is 84.8 cm³/mol. The lowest BCUT2D eigenvalue weighted by Gasteiger charge is -2.50. The largest absolute Gasteiger partial charge is 0.329 e. The molecule has 3 fully saturated rings. The summed E-state index contributed by atoms with van der Waals surface area (Å²) in [5.74, 6) is 0. The van der Waals surface area contributed by atoms with Gasteiger partial charge in [0.2, 0.25) is 0 Å². The van der Waals surface area contributed by atoms with Gasteiger partial charge in [0.05, 0.1) is 0 Å². The minimum absolute atomic E-state index is 0.332. The van der Waals surface area contributed by atoms with Gasteiger partial charge in [-0.1, -0.05) is 12.8 Å². The van der Waals surface area contributed by atoms with E-state index < -0.39 is 0 Å². The van der Waals surface area contributed by atoms with Gasteiger partial charge in [0.25, 0.3) is 0 Å². The van der Waals surface area contributed by atoms with Crippen molar-refractivity contribution < 1.29 is 0 Å². The molecule has 2 aliphatic carbocycles. The molecule has 3 nitrogen and oxygen atoms in total. The van der Waals surface area contributed by atoms with Crippen molar-refractivity contribution in [1.82, 2.24) is 9.80 Å². The summed E-state index contributed by atoms with van der Waals surface area (Å²) in [4.78, 5) is 5.24. The van der Waals surface area contributed by atoms with Crippen molar-refractivity contribution in [3.8, 4) is 0 Å². The monoisotopic (exact) mass is 279 g/mol. The maximum Gasteiger partial charge on any atom is 0.0332 e. The molecule has 2 saturated carbocycles. The van der Waals surface area contributed by atoms with E-state index in [0.29, 0.717) is 5.54 Å². The summed E-state index contributed by atoms with van der Waals surface area (Å²) in [6, 6.07) is 0. The van der Waals surface area contributed by atoms with Gasteiger partial charge in [-0.2, -0.15) is 0 Å². The van der Waals surface area contributed by atoms with Crippen molar-refractivity contribution in [2.24, 2.45) is 11.1 Å². The third-order valence-corrected chi connectivity index (χ3v) is 6.68. The molecular formula is C17H33N3. The summed E-state index contributed by atoms with van der Waals surface area (Å²) in [5.41, 5.74) is 7.34. The SMILES string of the molecule is CN1CCCN(C2(CN)CCC3(CCCC3)CC2)CC1. The smallest absolute Gasteiger partial charge is 0.0332 e. The number of hydrogen-bond acceptors (Lipinski definition) is 3. The van der Waals surface area contributed by atoms with Crippen LogP contribution in [-0.2, 0) is 0 Å². The minimum Gasteiger partial charge on any atom is -0.329 e. The van der Waals surface area contributed by atoms with E-state index in [1.165, 1.54) is 84.0 Å². The van der Waals surface area contributed by atoms with Gasteiger partial charge in [0, 0.05) is 31.7 Å². The maximum atomic E-state index is 6.29. The standard InChI is InChI=1S/C17H33N3/c1-19-11-4-12-20(14-13-19)17(15-18)9-7-16(8-10-17)5-2-3-6-16/h2-15,18H2,1H3. The van der Waals surface area contributed by atoms with Crippen molar-refractivity contribution >= 4 is 0 Å². The topological polar surface area (TPSA) is 32.5 Å². The van der Waals surface area contributed by atoms with Gasteiger partial charge in [0.1, 0.15) is 0 Å². The molecule has 0 amide bonds. The van der Waals surface area contributed by atoms with Crippen molar-refractivity contribution in [3.05, 3.63) is 0 Å². The Kier molecular flexibility index (Phi) is 4.40. The maximum absolute atomic E-state index is 6.29. The zero-order valence-electron chi connectivity index (χ0n) is 13.4. The van der Waals surface area contributed by atoms with Crippen LogP contribution in [0.2, 0.25) is 0 Å². The van der Waals surface area contributed by atoms with Crippen molar-refractivity contribution in [2.45, 2.75) is 63.3 Å². The highest BCUT2D eigenvalue weighted by Gasteiger charge is 2.45. The molecule has 1 spiro atoms. The Morgan fingerprint density at radius 3 is 2.15 bits per heavy atom. The van der Waals surface area contributed by atoms with E-state index in [1.54, 1.807) is 0 Å². The van der Waals surface area contributed by atoms with Crippen LogP contribution in [0.3, 0.4) is 0 Å². The molecular weight excluding hydrogens is 246 g/mol. The Morgan fingerprint density at radius 1 is 0.800 bits per heavy atom. The molecule has 1 heterocycles. The van der Waals surface area contributed by atoms with Crippen LogP contribution in [0.25, 0.3) is 0 Å². The number of nitrogens with zero attached hydrogens (tertiary/aromatic N) is 2. The Bertz CT molecular complexity index is 312. The summed E-state index contributed by atoms with van der Waals surface area (Å²) in [5, 5.41) is 0. The number of hydrogen-bond donors (Lipinski definition) is 1. The second-order valence-corrected chi connectivity index (χ2v) is 7.78. The molecule has 116 valence electrons. The van der Waals surface area contributed by atoms with Crippen LogP contribution in [0, 0.1) is 5.41 Å². The molecule has 1 saturated heterocycles. The minimum atomic E-state index is 0.332. The summed E-state index contributed by atoms with van der Waals surface area (Å²) < 4.78 is 0. The molecule has 0 aromatic carbocycles. The number of likely N-dealkylation sites (N-methyl/N-ethyl adjacent to an activating group) is 1. The van der Waals surface area contributed by atoms with Crippen LogP contribution in [0.5, 0.6) is 0 Å². The summed E-state index contributed by atoms with van der Waals surface area (Å²) in [6.45, 7) is 5.82. The van der Waals surface area contributed by atoms with Gasteiger partial charge in [-0.05, 0) is 64.0 Å². The molecule has 0 aromatic heterocycles. The molecule has 2 N–H and O–H groups in total. The zero-order chi connectivity index (χ0) is 14.1. The van der Waals surface area contributed by atoms with E-state index in [-0.39, 0.29) is 0 Å². The average Bonchev–Trinajstić information content (AvgIpc) is 2.81. The third kappa shape index (κ3) is 2.77. The highest BCUT2D eigenvalue weighted by atomic mass is 15.3. The van der Waals surface area contributed by atoms with Crippen LogP contribution in [-0.4, -0.2) is 55.1 Å². The Balaban J connectivity index is 1.66. The lowest BCUT2D eigenvalue weighted by molar-refractivity contribution is 0.0165. The van der Waals surface area contributed by atoms with E-state index in [4.69, 9.17) is 5.73 Å². The second-order valence-electron chi connectivity index (χ2n) is 7.78. The second kappa shape index (κ2) is 5.94. The van der Waals surface area contributed by atoms with Gasteiger partial charge in [-0.15, -0.1) is 0 Å². The molecule has 0 radical (unpaired) electrons. The van der Waals surface area contributed by atoms with Gasteiger partial charge in [0.15, 0.2) is 0 Å². The quantitative estimate of drug-likeness (QED) is 0.843. The molecule has 3 rings (SSSR count). The average molecular weight is 279 g/mol. The zero-order valence-corrected chi connectivity index (χ0v) is 13.4. The van der Waals surface area contributed by atoms with E-state index in [9.17, 15) is 0 Å². The lowest BCUT2D eigenvalue weighted by atomic mass is 9.66. The van der Waals surface area contributed by atoms with Crippen LogP contribution in [0.15, 0.2) is 0 Å². The molecule has 20 heavy (non-hydrogen) atoms. The van der Waals surface area contributed by atoms with Gasteiger partial charge in [-0.25, -0.2) is 0 Å². The Hall–Kier alpha value is -0.120. The highest BCUT2D eigenvalue weighted by molar-refractivity contribution is 5.01. The fraction of sp³-hybridized carbons (Fsp3) is 1.00. The van der Waals surface area contributed by atoms with Gasteiger partial charge in [-0.3, -0.25) is 4.90 Å². The normalized spacial score (nSPS) is 31.5. The van der Waals surface area contributed by atoms with E-state index >= 15 is 0 Å². The van der Waals surface area contributed by atoms with E-state index in [2.05, 4.69) is 16.8 Å². The number of rotatable bonds is 2. The fourth-order valence-corrected chi connectivity index (χ4v) is 5.04. The molecule has 0 aromatic rings. The van der Waals surface area contributed by atoms with Crippen molar-refractivity contribution in [2.75, 3.05) is 39.8 Å². The highest BCUT2D eigenvalue weighted by Crippen LogP contribution is 2.52. The first kappa shape index (κ1) is 14.8. The predicted octanol–water partition coefficient (Wildman–Crippen LogP) is 2.46. The Labute approximate surface area is 124 Å². The van der Waals surface area contributed by atoms with E-state index in [0.717, 1.165) is 12.0 Å². The van der Waals surface area contributed by atoms with Gasteiger partial charge < -0.3 is 10.6 Å². The third-order valence-electron chi connectivity index (χ3n) is 6.68. The first-order valence-corrected chi connectivity index (χ1v) is 8.82. The fourth-order valence-electron chi connectivity index (χ4n) is 5.04. The van der Waals surface area contributed by atoms with Crippen molar-refractivity contribution in [3.63, 3.8) is 0 Å². The first-order chi connectivity index (χ1) is 9.68. The molecule has 0 bridgehead atoms. The van der Waals surface area contributed by atoms with E-state index in [1.807, 2.05) is 0 Å². The molecule has 0 atom stereocenters. The van der Waals surface area contributed by atoms with Crippen LogP contribution in [0.4, 0.5) is 0 Å².